The van der Waals surface area contributed by atoms with Crippen LogP contribution in [0.2, 0.25) is 10.0 Å². The molecule has 0 spiro atoms. The fraction of sp³-hybridized carbons (Fsp3) is 0.345. The van der Waals surface area contributed by atoms with E-state index in [0.717, 1.165) is 29.8 Å². The van der Waals surface area contributed by atoms with E-state index in [1.807, 2.05) is 24.9 Å². The molecule has 0 aliphatic carbocycles. The summed E-state index contributed by atoms with van der Waals surface area (Å²) in [5.74, 6) is -1.07. The molecule has 0 fully saturated rings. The van der Waals surface area contributed by atoms with Crippen molar-refractivity contribution in [2.24, 2.45) is 5.92 Å². The van der Waals surface area contributed by atoms with Crippen molar-refractivity contribution in [3.05, 3.63) is 87.7 Å². The molecule has 0 aromatic heterocycles. The Labute approximate surface area is 249 Å². The Bertz CT molecular complexity index is 1510. The number of para-hydroxylation sites is 1. The molecule has 1 amide bonds. The zero-order valence-electron chi connectivity index (χ0n) is 22.9. The number of hydrogen-bond donors (Lipinski definition) is 2. The Hall–Kier alpha value is -2.89. The number of rotatable bonds is 9. The van der Waals surface area contributed by atoms with Crippen LogP contribution in [0.1, 0.15) is 29.8 Å². The third-order valence-corrected chi connectivity index (χ3v) is 9.11. The first-order valence-electron chi connectivity index (χ1n) is 13.0. The van der Waals surface area contributed by atoms with Crippen LogP contribution in [0.5, 0.6) is 5.75 Å². The van der Waals surface area contributed by atoms with Gasteiger partial charge in [-0.1, -0.05) is 42.3 Å². The maximum absolute atomic E-state index is 13.7. The molecule has 0 unspecified atom stereocenters. The lowest BCUT2D eigenvalue weighted by atomic mass is 9.99. The van der Waals surface area contributed by atoms with Crippen LogP contribution in [0, 0.1) is 11.7 Å². The maximum atomic E-state index is 13.7. The number of sulfonamides is 1. The Morgan fingerprint density at radius 2 is 1.85 bits per heavy atom. The molecule has 1 aliphatic rings. The fourth-order valence-corrected chi connectivity index (χ4v) is 6.06. The molecule has 12 heteroatoms. The molecule has 41 heavy (non-hydrogen) atoms. The van der Waals surface area contributed by atoms with E-state index in [1.165, 1.54) is 6.07 Å². The molecule has 3 aromatic carbocycles. The minimum absolute atomic E-state index is 0.0722. The number of anilines is 1. The minimum Gasteiger partial charge on any atom is -0.486 e. The number of halogens is 3. The van der Waals surface area contributed by atoms with Crippen molar-refractivity contribution in [1.82, 2.24) is 9.80 Å². The highest BCUT2D eigenvalue weighted by molar-refractivity contribution is 7.92. The van der Waals surface area contributed by atoms with Gasteiger partial charge in [-0.25, -0.2) is 12.8 Å². The summed E-state index contributed by atoms with van der Waals surface area (Å²) in [5, 5.41) is 10.8. The maximum Gasteiger partial charge on any atom is 0.262 e. The normalized spacial score (nSPS) is 18.3. The molecule has 0 saturated heterocycles. The van der Waals surface area contributed by atoms with Crippen LogP contribution in [-0.2, 0) is 16.6 Å². The Morgan fingerprint density at radius 3 is 2.51 bits per heavy atom. The second kappa shape index (κ2) is 13.0. The number of nitrogens with zero attached hydrogens (tertiary/aromatic N) is 2. The number of hydrogen-bond acceptors (Lipinski definition) is 6. The predicted molar refractivity (Wildman–Crippen MR) is 158 cm³/mol. The van der Waals surface area contributed by atoms with Crippen molar-refractivity contribution in [1.29, 1.82) is 0 Å². The van der Waals surface area contributed by atoms with E-state index in [2.05, 4.69) is 4.72 Å². The molecule has 1 aliphatic heterocycles. The molecule has 8 nitrogen and oxygen atoms in total. The number of amides is 1. The van der Waals surface area contributed by atoms with E-state index in [4.69, 9.17) is 27.9 Å². The van der Waals surface area contributed by atoms with E-state index >= 15 is 0 Å². The lowest BCUT2D eigenvalue weighted by molar-refractivity contribution is 0.0344. The summed E-state index contributed by atoms with van der Waals surface area (Å²) in [7, 11) is -2.22. The molecule has 3 aromatic rings. The van der Waals surface area contributed by atoms with Gasteiger partial charge in [-0.3, -0.25) is 14.4 Å². The van der Waals surface area contributed by atoms with Crippen LogP contribution in [-0.4, -0.2) is 68.1 Å². The summed E-state index contributed by atoms with van der Waals surface area (Å²) < 4.78 is 48.8. The van der Waals surface area contributed by atoms with Gasteiger partial charge < -0.3 is 14.7 Å². The Balaban J connectivity index is 1.70. The second-order valence-electron chi connectivity index (χ2n) is 10.3. The number of nitrogens with one attached hydrogen (secondary N) is 1. The molecule has 3 atom stereocenters. The molecular formula is C29H32Cl2FN3O5S. The van der Waals surface area contributed by atoms with Crippen LogP contribution in [0.25, 0.3) is 0 Å². The third-order valence-electron chi connectivity index (χ3n) is 6.99. The van der Waals surface area contributed by atoms with Crippen LogP contribution < -0.4 is 9.46 Å². The van der Waals surface area contributed by atoms with Gasteiger partial charge in [0.15, 0.2) is 5.75 Å². The molecule has 0 radical (unpaired) electrons. The van der Waals surface area contributed by atoms with Gasteiger partial charge in [-0.05, 0) is 68.1 Å². The highest BCUT2D eigenvalue weighted by Crippen LogP contribution is 2.36. The minimum atomic E-state index is -4.13. The molecule has 2 N–H and O–H groups in total. The van der Waals surface area contributed by atoms with Crippen molar-refractivity contribution in [2.45, 2.75) is 37.4 Å². The molecule has 1 heterocycles. The predicted octanol–water partition coefficient (Wildman–Crippen LogP) is 5.29. The van der Waals surface area contributed by atoms with Crippen LogP contribution in [0.3, 0.4) is 0 Å². The first-order chi connectivity index (χ1) is 19.4. The number of aliphatic hydroxyl groups excluding tert-OH is 1. The number of benzene rings is 3. The monoisotopic (exact) mass is 623 g/mol. The van der Waals surface area contributed by atoms with Gasteiger partial charge in [-0.15, -0.1) is 0 Å². The molecule has 0 saturated carbocycles. The topological polar surface area (TPSA) is 99.2 Å². The van der Waals surface area contributed by atoms with Crippen molar-refractivity contribution < 1.29 is 27.4 Å². The Kier molecular flexibility index (Phi) is 9.81. The fourth-order valence-electron chi connectivity index (χ4n) is 4.68. The summed E-state index contributed by atoms with van der Waals surface area (Å²) in [6, 6.07) is 14.0. The third kappa shape index (κ3) is 7.31. The largest absolute Gasteiger partial charge is 0.486 e. The summed E-state index contributed by atoms with van der Waals surface area (Å²) in [5.41, 5.74) is 1.18. The van der Waals surface area contributed by atoms with Crippen LogP contribution >= 0.6 is 23.2 Å². The van der Waals surface area contributed by atoms with Gasteiger partial charge in [0, 0.05) is 25.6 Å². The quantitative estimate of drug-likeness (QED) is 0.336. The number of likely N-dealkylation sites (N-methyl/N-ethyl adjacent to an activating group) is 1. The summed E-state index contributed by atoms with van der Waals surface area (Å²) in [4.78, 5) is 17.1. The summed E-state index contributed by atoms with van der Waals surface area (Å²) >= 11 is 12.3. The van der Waals surface area contributed by atoms with E-state index in [0.29, 0.717) is 29.7 Å². The number of ether oxygens (including phenoxy) is 1. The van der Waals surface area contributed by atoms with E-state index < -0.39 is 28.0 Å². The molecule has 4 rings (SSSR count). The summed E-state index contributed by atoms with van der Waals surface area (Å²) in [6.45, 7) is 4.72. The zero-order chi connectivity index (χ0) is 29.9. The van der Waals surface area contributed by atoms with Crippen molar-refractivity contribution in [2.75, 3.05) is 31.5 Å². The van der Waals surface area contributed by atoms with Gasteiger partial charge in [0.2, 0.25) is 0 Å². The highest BCUT2D eigenvalue weighted by atomic mass is 35.5. The number of carbonyl (C=O) groups is 1. The second-order valence-corrected chi connectivity index (χ2v) is 12.8. The average molecular weight is 625 g/mol. The number of aliphatic hydroxyl groups is 1. The van der Waals surface area contributed by atoms with E-state index in [-0.39, 0.29) is 40.3 Å². The number of carbonyl (C=O) groups excluding carboxylic acids is 1. The van der Waals surface area contributed by atoms with Crippen LogP contribution in [0.15, 0.2) is 65.6 Å². The van der Waals surface area contributed by atoms with Gasteiger partial charge in [0.25, 0.3) is 15.9 Å². The van der Waals surface area contributed by atoms with Crippen LogP contribution in [0.4, 0.5) is 10.1 Å². The molecule has 0 bridgehead atoms. The lowest BCUT2D eigenvalue weighted by Gasteiger charge is -2.38. The standard InChI is InChI=1S/C29H32Cl2FN3O5S/c1-18-14-35(19(2)17-36)29(37)23-5-4-6-26(33-41(38,39)22-10-8-21(32)9-11-22)28(23)40-27(18)16-34(3)15-20-7-12-24(30)25(31)13-20/h4-13,18-19,27,33,36H,14-17H2,1-3H3/t18-,19+,27+/m0/s1. The first kappa shape index (κ1) is 31.1. The van der Waals surface area contributed by atoms with Gasteiger partial charge in [-0.2, -0.15) is 0 Å². The average Bonchev–Trinajstić information content (AvgIpc) is 2.92. The molecular weight excluding hydrogens is 592 g/mol. The first-order valence-corrected chi connectivity index (χ1v) is 15.3. The Morgan fingerprint density at radius 1 is 1.15 bits per heavy atom. The number of fused-ring (bicyclic) bond motifs is 1. The highest BCUT2D eigenvalue weighted by Gasteiger charge is 2.35. The van der Waals surface area contributed by atoms with Crippen molar-refractivity contribution in [3.63, 3.8) is 0 Å². The van der Waals surface area contributed by atoms with E-state index in [9.17, 15) is 22.7 Å². The van der Waals surface area contributed by atoms with Gasteiger partial charge in [0.1, 0.15) is 11.9 Å². The van der Waals surface area contributed by atoms with Crippen molar-refractivity contribution >= 4 is 44.8 Å². The lowest BCUT2D eigenvalue weighted by Crippen LogP contribution is -2.49. The SMILES string of the molecule is C[C@H](CO)N1C[C@H](C)[C@@H](CN(C)Cc2ccc(Cl)c(Cl)c2)Oc2c(NS(=O)(=O)c3ccc(F)cc3)cccc2C1=O. The molecule has 220 valence electrons. The zero-order valence-corrected chi connectivity index (χ0v) is 25.2. The van der Waals surface area contributed by atoms with Gasteiger partial charge in [0.05, 0.1) is 38.8 Å². The summed E-state index contributed by atoms with van der Waals surface area (Å²) in [6.07, 6.45) is -0.473. The smallest absolute Gasteiger partial charge is 0.262 e. The van der Waals surface area contributed by atoms with E-state index in [1.54, 1.807) is 36.1 Å². The van der Waals surface area contributed by atoms with Gasteiger partial charge >= 0.3 is 0 Å². The van der Waals surface area contributed by atoms with Crippen molar-refractivity contribution in [3.8, 4) is 5.75 Å².